The highest BCUT2D eigenvalue weighted by molar-refractivity contribution is 5.94. The number of benzene rings is 1. The Hall–Kier alpha value is -1.40. The smallest absolute Gasteiger partial charge is 0.387 e. The number of para-hydroxylation sites is 1. The summed E-state index contributed by atoms with van der Waals surface area (Å²) in [6, 6.07) is 4.67. The van der Waals surface area contributed by atoms with Crippen LogP contribution in [0.2, 0.25) is 0 Å². The molecule has 0 aliphatic rings. The van der Waals surface area contributed by atoms with E-state index >= 15 is 0 Å². The Morgan fingerprint density at radius 2 is 2.11 bits per heavy atom. The summed E-state index contributed by atoms with van der Waals surface area (Å²) < 4.78 is 28.7. The molecule has 0 unspecified atom stereocenters. The third kappa shape index (κ3) is 4.85. The SMILES string of the molecule is CNCC(=O)Nc1c(C)cccc1OC(F)F.Cl. The molecule has 0 aliphatic carbocycles. The van der Waals surface area contributed by atoms with E-state index in [1.54, 1.807) is 26.1 Å². The molecule has 0 spiro atoms. The van der Waals surface area contributed by atoms with Crippen LogP contribution in [0.15, 0.2) is 18.2 Å². The monoisotopic (exact) mass is 280 g/mol. The highest BCUT2D eigenvalue weighted by atomic mass is 35.5. The van der Waals surface area contributed by atoms with Gasteiger partial charge in [0.2, 0.25) is 5.91 Å². The number of carbonyl (C=O) groups excluding carboxylic acids is 1. The second-order valence-electron chi connectivity index (χ2n) is 3.41. The van der Waals surface area contributed by atoms with Gasteiger partial charge in [-0.25, -0.2) is 0 Å². The number of hydrogen-bond acceptors (Lipinski definition) is 3. The summed E-state index contributed by atoms with van der Waals surface area (Å²) in [7, 11) is 1.62. The molecule has 0 bridgehead atoms. The van der Waals surface area contributed by atoms with Crippen molar-refractivity contribution in [2.75, 3.05) is 18.9 Å². The van der Waals surface area contributed by atoms with Crippen LogP contribution in [-0.4, -0.2) is 26.1 Å². The molecule has 0 saturated heterocycles. The highest BCUT2D eigenvalue weighted by Gasteiger charge is 2.13. The zero-order valence-electron chi connectivity index (χ0n) is 10.00. The first-order chi connectivity index (χ1) is 8.04. The molecule has 1 aromatic rings. The second kappa shape index (κ2) is 7.84. The lowest BCUT2D eigenvalue weighted by molar-refractivity contribution is -0.115. The van der Waals surface area contributed by atoms with Gasteiger partial charge in [-0.2, -0.15) is 8.78 Å². The summed E-state index contributed by atoms with van der Waals surface area (Å²) in [5, 5.41) is 5.19. The van der Waals surface area contributed by atoms with Gasteiger partial charge >= 0.3 is 6.61 Å². The fraction of sp³-hybridized carbons (Fsp3) is 0.364. The maximum absolute atomic E-state index is 12.2. The van der Waals surface area contributed by atoms with E-state index in [1.807, 2.05) is 0 Å². The van der Waals surface area contributed by atoms with Gasteiger partial charge in [0.15, 0.2) is 0 Å². The molecule has 1 amide bonds. The number of anilines is 1. The van der Waals surface area contributed by atoms with Crippen LogP contribution in [0.3, 0.4) is 0 Å². The van der Waals surface area contributed by atoms with Crippen molar-refractivity contribution in [3.8, 4) is 5.75 Å². The van der Waals surface area contributed by atoms with Gasteiger partial charge < -0.3 is 15.4 Å². The minimum atomic E-state index is -2.92. The van der Waals surface area contributed by atoms with E-state index in [0.29, 0.717) is 5.56 Å². The van der Waals surface area contributed by atoms with Crippen molar-refractivity contribution >= 4 is 24.0 Å². The predicted molar refractivity (Wildman–Crippen MR) is 67.6 cm³/mol. The maximum Gasteiger partial charge on any atom is 0.387 e. The van der Waals surface area contributed by atoms with Crippen molar-refractivity contribution in [2.45, 2.75) is 13.5 Å². The number of ether oxygens (including phenoxy) is 1. The van der Waals surface area contributed by atoms with Crippen molar-refractivity contribution in [3.05, 3.63) is 23.8 Å². The van der Waals surface area contributed by atoms with Crippen LogP contribution in [0.4, 0.5) is 14.5 Å². The number of hydrogen-bond donors (Lipinski definition) is 2. The molecule has 0 aliphatic heterocycles. The van der Waals surface area contributed by atoms with Crippen LogP contribution in [0.1, 0.15) is 5.56 Å². The number of halogens is 3. The van der Waals surface area contributed by atoms with Gasteiger partial charge in [0, 0.05) is 0 Å². The van der Waals surface area contributed by atoms with E-state index in [2.05, 4.69) is 15.4 Å². The Morgan fingerprint density at radius 3 is 2.67 bits per heavy atom. The first-order valence-corrected chi connectivity index (χ1v) is 5.03. The topological polar surface area (TPSA) is 50.4 Å². The Morgan fingerprint density at radius 1 is 1.44 bits per heavy atom. The molecule has 0 aromatic heterocycles. The maximum atomic E-state index is 12.2. The van der Waals surface area contributed by atoms with Crippen LogP contribution in [0, 0.1) is 6.92 Å². The molecule has 18 heavy (non-hydrogen) atoms. The predicted octanol–water partition coefficient (Wildman–Crippen LogP) is 2.18. The van der Waals surface area contributed by atoms with Gasteiger partial charge in [-0.3, -0.25) is 4.79 Å². The summed E-state index contributed by atoms with van der Waals surface area (Å²) in [6.45, 7) is -1.12. The lowest BCUT2D eigenvalue weighted by Crippen LogP contribution is -2.25. The van der Waals surface area contributed by atoms with E-state index in [-0.39, 0.29) is 36.3 Å². The number of alkyl halides is 2. The largest absolute Gasteiger partial charge is 0.433 e. The van der Waals surface area contributed by atoms with Crippen LogP contribution in [0.25, 0.3) is 0 Å². The van der Waals surface area contributed by atoms with E-state index < -0.39 is 6.61 Å². The normalized spacial score (nSPS) is 9.83. The zero-order chi connectivity index (χ0) is 12.8. The molecular formula is C11H15ClF2N2O2. The third-order valence-corrected chi connectivity index (χ3v) is 2.05. The van der Waals surface area contributed by atoms with Crippen LogP contribution in [0.5, 0.6) is 5.75 Å². The Balaban J connectivity index is 0.00000289. The molecule has 0 heterocycles. The zero-order valence-corrected chi connectivity index (χ0v) is 10.8. The standard InChI is InChI=1S/C11H14F2N2O2.ClH/c1-7-4-3-5-8(17-11(12)13)10(7)15-9(16)6-14-2;/h3-5,11,14H,6H2,1-2H3,(H,15,16);1H. The number of likely N-dealkylation sites (N-methyl/N-ethyl adjacent to an activating group) is 1. The summed E-state index contributed by atoms with van der Waals surface area (Å²) in [4.78, 5) is 11.4. The van der Waals surface area contributed by atoms with Gasteiger partial charge in [0.25, 0.3) is 0 Å². The lowest BCUT2D eigenvalue weighted by atomic mass is 10.2. The Bertz CT molecular complexity index is 403. The summed E-state index contributed by atoms with van der Waals surface area (Å²) in [6.07, 6.45) is 0. The molecule has 0 atom stereocenters. The Labute approximate surface area is 110 Å². The van der Waals surface area contributed by atoms with E-state index in [1.165, 1.54) is 6.07 Å². The molecule has 2 N–H and O–H groups in total. The van der Waals surface area contributed by atoms with Crippen molar-refractivity contribution < 1.29 is 18.3 Å². The minimum Gasteiger partial charge on any atom is -0.433 e. The van der Waals surface area contributed by atoms with E-state index in [9.17, 15) is 13.6 Å². The Kier molecular flexibility index (Phi) is 7.23. The van der Waals surface area contributed by atoms with Crippen molar-refractivity contribution in [2.24, 2.45) is 0 Å². The molecule has 1 rings (SSSR count). The average molecular weight is 281 g/mol. The van der Waals surface area contributed by atoms with Crippen LogP contribution >= 0.6 is 12.4 Å². The quantitative estimate of drug-likeness (QED) is 0.869. The van der Waals surface area contributed by atoms with Crippen molar-refractivity contribution in [3.63, 3.8) is 0 Å². The average Bonchev–Trinajstić information content (AvgIpc) is 2.23. The van der Waals surface area contributed by atoms with Gasteiger partial charge in [-0.05, 0) is 25.6 Å². The van der Waals surface area contributed by atoms with E-state index in [4.69, 9.17) is 0 Å². The number of nitrogens with one attached hydrogen (secondary N) is 2. The van der Waals surface area contributed by atoms with Gasteiger partial charge in [-0.1, -0.05) is 12.1 Å². The molecule has 0 radical (unpaired) electrons. The third-order valence-electron chi connectivity index (χ3n) is 2.05. The number of carbonyl (C=O) groups is 1. The highest BCUT2D eigenvalue weighted by Crippen LogP contribution is 2.29. The second-order valence-corrected chi connectivity index (χ2v) is 3.41. The van der Waals surface area contributed by atoms with Crippen molar-refractivity contribution in [1.82, 2.24) is 5.32 Å². The van der Waals surface area contributed by atoms with Gasteiger partial charge in [-0.15, -0.1) is 12.4 Å². The molecular weight excluding hydrogens is 266 g/mol. The van der Waals surface area contributed by atoms with Gasteiger partial charge in [0.05, 0.1) is 12.2 Å². The number of aryl methyl sites for hydroxylation is 1. The molecule has 4 nitrogen and oxygen atoms in total. The summed E-state index contributed by atoms with van der Waals surface area (Å²) in [5.41, 5.74) is 0.931. The molecule has 7 heteroatoms. The van der Waals surface area contributed by atoms with E-state index in [0.717, 1.165) is 0 Å². The molecule has 1 aromatic carbocycles. The fourth-order valence-electron chi connectivity index (χ4n) is 1.34. The van der Waals surface area contributed by atoms with Crippen LogP contribution < -0.4 is 15.4 Å². The van der Waals surface area contributed by atoms with Gasteiger partial charge in [0.1, 0.15) is 5.75 Å². The first kappa shape index (κ1) is 16.6. The fourth-order valence-corrected chi connectivity index (χ4v) is 1.34. The van der Waals surface area contributed by atoms with Crippen molar-refractivity contribution in [1.29, 1.82) is 0 Å². The molecule has 0 saturated carbocycles. The molecule has 102 valence electrons. The first-order valence-electron chi connectivity index (χ1n) is 5.03. The summed E-state index contributed by atoms with van der Waals surface area (Å²) >= 11 is 0. The summed E-state index contributed by atoms with van der Waals surface area (Å²) in [5.74, 6) is -0.356. The minimum absolute atomic E-state index is 0. The number of amides is 1. The molecule has 0 fully saturated rings. The lowest BCUT2D eigenvalue weighted by Gasteiger charge is -2.14. The number of rotatable bonds is 5. The van der Waals surface area contributed by atoms with Crippen LogP contribution in [-0.2, 0) is 4.79 Å².